The number of hydrogen-bond donors (Lipinski definition) is 7. The van der Waals surface area contributed by atoms with E-state index in [9.17, 15) is 38.9 Å². The molecule has 1 aliphatic heterocycles. The average Bonchev–Trinajstić information content (AvgIpc) is 3.82. The minimum atomic E-state index is -4.66. The van der Waals surface area contributed by atoms with E-state index in [1.54, 1.807) is 24.3 Å². The summed E-state index contributed by atoms with van der Waals surface area (Å²) >= 11 is 0. The molecule has 8 aromatic rings. The van der Waals surface area contributed by atoms with Crippen molar-refractivity contribution in [1.82, 2.24) is 19.9 Å². The summed E-state index contributed by atoms with van der Waals surface area (Å²) in [5.74, 6) is 0.669. The van der Waals surface area contributed by atoms with Crippen molar-refractivity contribution in [2.24, 2.45) is 20.0 Å². The molecule has 0 aliphatic carbocycles. The molecule has 20 heteroatoms. The third kappa shape index (κ3) is 5.12. The van der Waals surface area contributed by atoms with Crippen LogP contribution < -0.4 is 22.0 Å². The van der Waals surface area contributed by atoms with Gasteiger partial charge >= 0.3 is 0 Å². The monoisotopic (exact) mass is 756 g/mol. The first-order valence-corrected chi connectivity index (χ1v) is 19.3. The Bertz CT molecular complexity index is 3500. The second-order valence-electron chi connectivity index (χ2n) is 11.8. The first-order chi connectivity index (χ1) is 24.6. The van der Waals surface area contributed by atoms with Crippen LogP contribution in [0.4, 0.5) is 23.3 Å². The van der Waals surface area contributed by atoms with E-state index >= 15 is 0 Å². The molecule has 5 heterocycles. The minimum Gasteiger partial charge on any atom is -0.324 e. The summed E-state index contributed by atoms with van der Waals surface area (Å²) < 4.78 is 102. The minimum absolute atomic E-state index is 0.0420. The highest BCUT2D eigenvalue weighted by Gasteiger charge is 2.20. The van der Waals surface area contributed by atoms with Crippen molar-refractivity contribution in [2.75, 3.05) is 0 Å². The van der Waals surface area contributed by atoms with Crippen molar-refractivity contribution in [1.29, 1.82) is 0 Å². The van der Waals surface area contributed by atoms with Crippen molar-refractivity contribution in [3.8, 4) is 0 Å². The van der Waals surface area contributed by atoms with Gasteiger partial charge in [-0.25, -0.2) is 20.0 Å². The Hall–Kier alpha value is -6.03. The lowest BCUT2D eigenvalue weighted by Crippen LogP contribution is -2.10. The predicted molar refractivity (Wildman–Crippen MR) is 186 cm³/mol. The lowest BCUT2D eigenvalue weighted by atomic mass is 10.2. The van der Waals surface area contributed by atoms with E-state index in [1.165, 1.54) is 54.6 Å². The fourth-order valence-corrected chi connectivity index (χ4v) is 7.82. The zero-order valence-electron chi connectivity index (χ0n) is 25.8. The molecule has 0 atom stereocenters. The molecular weight excluding hydrogens is 737 g/mol. The van der Waals surface area contributed by atoms with Crippen molar-refractivity contribution >= 4 is 96.7 Å². The summed E-state index contributed by atoms with van der Waals surface area (Å²) in [6, 6.07) is 18.7. The second-order valence-corrected chi connectivity index (χ2v) is 16.1. The molecule has 0 unspecified atom stereocenters. The van der Waals surface area contributed by atoms with E-state index < -0.39 is 40.1 Å². The Kier molecular flexibility index (Phi) is 6.59. The van der Waals surface area contributed by atoms with Gasteiger partial charge in [-0.05, 0) is 54.6 Å². The Morgan fingerprint density at radius 1 is 0.365 bits per heavy atom. The summed E-state index contributed by atoms with van der Waals surface area (Å²) in [6.45, 7) is 0. The van der Waals surface area contributed by atoms with Crippen LogP contribution in [0.2, 0.25) is 0 Å². The molecular formula is C32H20N8O9S3. The number of hydrogen-bond acceptors (Lipinski definition) is 10. The predicted octanol–water partition coefficient (Wildman–Crippen LogP) is 3.47. The standard InChI is InChI=1S/C32H20N8O9S3/c41-50(42,43)14-5-8-19-22(11-14)30-36-26-18-4-2-1-3-17(18)25(33-26)34-27-20-9-6-15(51(44,45)46)12-23(20)31(38-27)40-32-24-13-16(52(47,48)49)7-10-21(24)29(39-32)35-28(19)37-30/h1-13H,(H,41,42,43)(H,44,45,46)(H,47,48,49)(H4,33,34,35,36,37,38,39,40). The molecule has 17 nitrogen and oxygen atoms in total. The Morgan fingerprint density at radius 3 is 1.06 bits per heavy atom. The fourth-order valence-electron chi connectivity index (χ4n) is 6.29. The third-order valence-electron chi connectivity index (χ3n) is 8.68. The third-order valence-corrected chi connectivity index (χ3v) is 11.2. The van der Waals surface area contributed by atoms with Gasteiger partial charge in [0.15, 0.2) is 0 Å². The van der Waals surface area contributed by atoms with Crippen LogP contribution in [0.5, 0.6) is 0 Å². The first kappa shape index (κ1) is 31.9. The molecule has 4 aromatic carbocycles. The van der Waals surface area contributed by atoms with E-state index in [2.05, 4.69) is 19.9 Å². The van der Waals surface area contributed by atoms with Crippen LogP contribution in [0.3, 0.4) is 0 Å². The Balaban J connectivity index is 1.49. The molecule has 4 aromatic heterocycles. The normalized spacial score (nSPS) is 14.2. The molecule has 0 saturated heterocycles. The quantitative estimate of drug-likeness (QED) is 0.130. The topological polar surface area (TPSA) is 276 Å². The van der Waals surface area contributed by atoms with Gasteiger partial charge in [-0.1, -0.05) is 24.3 Å². The highest BCUT2D eigenvalue weighted by Crippen LogP contribution is 2.37. The summed E-state index contributed by atoms with van der Waals surface area (Å²) in [4.78, 5) is 30.4. The number of benzene rings is 4. The number of fused-ring (bicyclic) bond motifs is 20. The molecule has 7 N–H and O–H groups in total. The molecule has 0 amide bonds. The van der Waals surface area contributed by atoms with Gasteiger partial charge in [0.05, 0.1) is 14.7 Å². The highest BCUT2D eigenvalue weighted by atomic mass is 32.2. The van der Waals surface area contributed by atoms with Gasteiger partial charge in [0, 0.05) is 43.1 Å². The zero-order valence-corrected chi connectivity index (χ0v) is 28.3. The van der Waals surface area contributed by atoms with Crippen molar-refractivity contribution in [2.45, 2.75) is 14.7 Å². The van der Waals surface area contributed by atoms with E-state index in [0.717, 1.165) is 0 Å². The fraction of sp³-hybridized carbons (Fsp3) is 0. The average molecular weight is 757 g/mol. The maximum Gasteiger partial charge on any atom is 0.294 e. The van der Waals surface area contributed by atoms with Gasteiger partial charge < -0.3 is 19.9 Å². The molecule has 0 fully saturated rings. The summed E-state index contributed by atoms with van der Waals surface area (Å²) in [5.41, 5.74) is 0.858. The van der Waals surface area contributed by atoms with Crippen LogP contribution in [0.1, 0.15) is 0 Å². The Labute approximate surface area is 290 Å². The molecule has 0 saturated carbocycles. The maximum atomic E-state index is 12.2. The van der Waals surface area contributed by atoms with E-state index in [1.807, 2.05) is 0 Å². The summed E-state index contributed by atoms with van der Waals surface area (Å²) in [7, 11) is -13.9. The number of aromatic nitrogens is 4. The Morgan fingerprint density at radius 2 is 0.673 bits per heavy atom. The van der Waals surface area contributed by atoms with Crippen LogP contribution >= 0.6 is 0 Å². The van der Waals surface area contributed by atoms with Gasteiger partial charge in [-0.3, -0.25) is 13.7 Å². The van der Waals surface area contributed by atoms with Crippen molar-refractivity contribution in [3.63, 3.8) is 0 Å². The van der Waals surface area contributed by atoms with Gasteiger partial charge in [-0.2, -0.15) is 25.3 Å². The summed E-state index contributed by atoms with van der Waals surface area (Å²) in [6.07, 6.45) is 0. The first-order valence-electron chi connectivity index (χ1n) is 15.0. The maximum absolute atomic E-state index is 12.2. The number of nitrogens with one attached hydrogen (secondary N) is 4. The summed E-state index contributed by atoms with van der Waals surface area (Å²) in [5, 5.41) is 3.16. The van der Waals surface area contributed by atoms with Crippen molar-refractivity contribution in [3.05, 3.63) is 101 Å². The number of H-pyrrole nitrogens is 4. The van der Waals surface area contributed by atoms with Crippen LogP contribution in [0.25, 0.3) is 43.1 Å². The van der Waals surface area contributed by atoms with Crippen LogP contribution in [-0.2, 0) is 30.4 Å². The smallest absolute Gasteiger partial charge is 0.294 e. The van der Waals surface area contributed by atoms with E-state index in [4.69, 9.17) is 20.0 Å². The van der Waals surface area contributed by atoms with Crippen LogP contribution in [0.15, 0.2) is 114 Å². The molecule has 260 valence electrons. The SMILES string of the molecule is O=S(=O)(O)c1ccc2c3[nH]c(c2c1)N=c1[nH]c(c2ccc(S(=O)(=O)O)cc12)=Nc1[nH]c(c2cc(S(=O)(=O)O)ccc12)/N=c1\[nH]c(c2ccccc12)=N3. The van der Waals surface area contributed by atoms with E-state index in [-0.39, 0.29) is 49.9 Å². The van der Waals surface area contributed by atoms with Crippen LogP contribution in [-0.4, -0.2) is 58.8 Å². The van der Waals surface area contributed by atoms with Gasteiger partial charge in [-0.15, -0.1) is 0 Å². The zero-order chi connectivity index (χ0) is 36.3. The molecule has 8 bridgehead atoms. The van der Waals surface area contributed by atoms with E-state index in [0.29, 0.717) is 43.3 Å². The highest BCUT2D eigenvalue weighted by molar-refractivity contribution is 7.86. The number of rotatable bonds is 3. The second kappa shape index (κ2) is 10.7. The lowest BCUT2D eigenvalue weighted by molar-refractivity contribution is 0.481. The van der Waals surface area contributed by atoms with Crippen molar-refractivity contribution < 1.29 is 38.9 Å². The van der Waals surface area contributed by atoms with Gasteiger partial charge in [0.2, 0.25) is 0 Å². The molecule has 0 spiro atoms. The largest absolute Gasteiger partial charge is 0.324 e. The molecule has 9 rings (SSSR count). The lowest BCUT2D eigenvalue weighted by Gasteiger charge is -1.98. The number of aromatic amines is 4. The molecule has 52 heavy (non-hydrogen) atoms. The number of nitrogens with zero attached hydrogens (tertiary/aromatic N) is 4. The molecule has 1 aliphatic rings. The molecule has 0 radical (unpaired) electrons. The van der Waals surface area contributed by atoms with Gasteiger partial charge in [0.25, 0.3) is 30.4 Å². The van der Waals surface area contributed by atoms with Crippen LogP contribution in [0, 0.1) is 0 Å². The van der Waals surface area contributed by atoms with Gasteiger partial charge in [0.1, 0.15) is 45.2 Å².